The number of nitrogens with one attached hydrogen (secondary N) is 2. The molecule has 2 aromatic rings. The van der Waals surface area contributed by atoms with E-state index in [1.807, 2.05) is 17.0 Å². The summed E-state index contributed by atoms with van der Waals surface area (Å²) in [5.74, 6) is -0.314. The topological polar surface area (TPSA) is 91.0 Å². The summed E-state index contributed by atoms with van der Waals surface area (Å²) in [5.41, 5.74) is 1.94. The van der Waals surface area contributed by atoms with Crippen LogP contribution in [-0.4, -0.2) is 51.0 Å². The number of piperazine rings is 1. The lowest BCUT2D eigenvalue weighted by atomic mass is 10.1. The summed E-state index contributed by atoms with van der Waals surface area (Å²) >= 11 is 6.41. The van der Waals surface area contributed by atoms with Crippen molar-refractivity contribution < 1.29 is 19.1 Å². The van der Waals surface area contributed by atoms with Gasteiger partial charge >= 0.3 is 0 Å². The third kappa shape index (κ3) is 4.44. The first-order valence-corrected chi connectivity index (χ1v) is 10.4. The minimum Gasteiger partial charge on any atom is -0.495 e. The summed E-state index contributed by atoms with van der Waals surface area (Å²) in [7, 11) is 1.55. The number of halogens is 1. The number of methoxy groups -OCH3 is 1. The van der Waals surface area contributed by atoms with Gasteiger partial charge in [-0.25, -0.2) is 0 Å². The molecule has 1 atom stereocenters. The lowest BCUT2D eigenvalue weighted by Gasteiger charge is -2.29. The van der Waals surface area contributed by atoms with Crippen LogP contribution in [0.25, 0.3) is 0 Å². The number of carbonyl (C=O) groups excluding carboxylic acids is 3. The third-order valence-corrected chi connectivity index (χ3v) is 5.77. The van der Waals surface area contributed by atoms with E-state index in [1.165, 1.54) is 0 Å². The number of nitrogens with zero attached hydrogens (tertiary/aromatic N) is 2. The maximum atomic E-state index is 12.8. The summed E-state index contributed by atoms with van der Waals surface area (Å²) in [6.45, 7) is 1.75. The molecule has 2 aromatic carbocycles. The van der Waals surface area contributed by atoms with Crippen molar-refractivity contribution in [3.05, 3.63) is 47.5 Å². The second kappa shape index (κ2) is 8.85. The molecular formula is C22H23ClN4O4. The molecule has 0 saturated carbocycles. The highest BCUT2D eigenvalue weighted by atomic mass is 35.5. The molecule has 2 fully saturated rings. The summed E-state index contributed by atoms with van der Waals surface area (Å²) in [4.78, 5) is 40.4. The molecule has 4 rings (SSSR count). The van der Waals surface area contributed by atoms with Crippen LogP contribution in [0.15, 0.2) is 42.5 Å². The largest absolute Gasteiger partial charge is 0.495 e. The lowest BCUT2D eigenvalue weighted by molar-refractivity contribution is -0.122. The number of hydrogen-bond acceptors (Lipinski definition) is 5. The van der Waals surface area contributed by atoms with Crippen molar-refractivity contribution in [2.24, 2.45) is 5.92 Å². The third-order valence-electron chi connectivity index (χ3n) is 5.47. The summed E-state index contributed by atoms with van der Waals surface area (Å²) in [5, 5.41) is 6.08. The zero-order valence-corrected chi connectivity index (χ0v) is 17.8. The molecule has 2 aliphatic heterocycles. The van der Waals surface area contributed by atoms with Gasteiger partial charge in [0.05, 0.1) is 36.0 Å². The molecule has 2 aliphatic rings. The normalized spacial score (nSPS) is 18.7. The Hall–Kier alpha value is -3.26. The molecule has 2 N–H and O–H groups in total. The first-order chi connectivity index (χ1) is 15.0. The number of carbonyl (C=O) groups is 3. The van der Waals surface area contributed by atoms with E-state index in [-0.39, 0.29) is 37.2 Å². The molecule has 0 spiro atoms. The Labute approximate surface area is 185 Å². The minimum atomic E-state index is -0.485. The zero-order valence-electron chi connectivity index (χ0n) is 17.1. The van der Waals surface area contributed by atoms with Gasteiger partial charge in [-0.3, -0.25) is 14.4 Å². The van der Waals surface area contributed by atoms with Crippen molar-refractivity contribution in [2.45, 2.75) is 6.42 Å². The van der Waals surface area contributed by atoms with E-state index in [0.29, 0.717) is 35.2 Å². The van der Waals surface area contributed by atoms with Gasteiger partial charge in [0.15, 0.2) is 0 Å². The number of rotatable bonds is 5. The second-order valence-electron chi connectivity index (χ2n) is 7.50. The van der Waals surface area contributed by atoms with Crippen molar-refractivity contribution in [1.82, 2.24) is 5.32 Å². The van der Waals surface area contributed by atoms with Crippen LogP contribution in [0.5, 0.6) is 5.75 Å². The number of para-hydroxylation sites is 2. The van der Waals surface area contributed by atoms with Crippen molar-refractivity contribution in [3.63, 3.8) is 0 Å². The molecule has 8 nitrogen and oxygen atoms in total. The van der Waals surface area contributed by atoms with Crippen LogP contribution in [0.1, 0.15) is 6.42 Å². The zero-order chi connectivity index (χ0) is 22.0. The van der Waals surface area contributed by atoms with Crippen LogP contribution in [0.4, 0.5) is 17.1 Å². The average molecular weight is 443 g/mol. The van der Waals surface area contributed by atoms with Gasteiger partial charge in [0.25, 0.3) is 0 Å². The van der Waals surface area contributed by atoms with Crippen LogP contribution >= 0.6 is 11.6 Å². The molecule has 0 bridgehead atoms. The quantitative estimate of drug-likeness (QED) is 0.741. The van der Waals surface area contributed by atoms with Gasteiger partial charge in [-0.2, -0.15) is 0 Å². The Morgan fingerprint density at radius 2 is 2.00 bits per heavy atom. The molecule has 2 heterocycles. The molecule has 9 heteroatoms. The molecule has 3 amide bonds. The number of amides is 3. The van der Waals surface area contributed by atoms with Gasteiger partial charge in [-0.15, -0.1) is 0 Å². The summed E-state index contributed by atoms with van der Waals surface area (Å²) in [6, 6.07) is 12.4. The van der Waals surface area contributed by atoms with E-state index in [4.69, 9.17) is 16.3 Å². The first kappa shape index (κ1) is 21.0. The minimum absolute atomic E-state index is 0.0507. The lowest BCUT2D eigenvalue weighted by Crippen LogP contribution is -2.47. The van der Waals surface area contributed by atoms with Crippen LogP contribution in [0.2, 0.25) is 5.02 Å². The summed E-state index contributed by atoms with van der Waals surface area (Å²) in [6.07, 6.45) is 0.124. The van der Waals surface area contributed by atoms with Gasteiger partial charge in [-0.05, 0) is 30.3 Å². The molecule has 0 radical (unpaired) electrons. The van der Waals surface area contributed by atoms with E-state index < -0.39 is 5.92 Å². The Balaban J connectivity index is 1.43. The predicted molar refractivity (Wildman–Crippen MR) is 119 cm³/mol. The van der Waals surface area contributed by atoms with Crippen LogP contribution < -0.4 is 25.2 Å². The molecule has 2 saturated heterocycles. The van der Waals surface area contributed by atoms with E-state index in [9.17, 15) is 14.4 Å². The van der Waals surface area contributed by atoms with Crippen LogP contribution in [-0.2, 0) is 14.4 Å². The van der Waals surface area contributed by atoms with E-state index in [2.05, 4.69) is 10.6 Å². The van der Waals surface area contributed by atoms with Crippen molar-refractivity contribution >= 4 is 46.4 Å². The monoisotopic (exact) mass is 442 g/mol. The van der Waals surface area contributed by atoms with Crippen molar-refractivity contribution in [2.75, 3.05) is 48.4 Å². The number of anilines is 3. The van der Waals surface area contributed by atoms with Crippen LogP contribution in [0.3, 0.4) is 0 Å². The SMILES string of the molecule is COc1ccccc1N1CC(C(=O)Nc2ccc(N3CCNC(=O)C3)c(Cl)c2)CC1=O. The van der Waals surface area contributed by atoms with Gasteiger partial charge in [-0.1, -0.05) is 23.7 Å². The molecule has 1 unspecified atom stereocenters. The molecule has 0 aliphatic carbocycles. The molecule has 31 heavy (non-hydrogen) atoms. The Morgan fingerprint density at radius 3 is 2.74 bits per heavy atom. The fourth-order valence-electron chi connectivity index (χ4n) is 3.90. The number of hydrogen-bond donors (Lipinski definition) is 2. The average Bonchev–Trinajstić information content (AvgIpc) is 3.15. The maximum Gasteiger partial charge on any atom is 0.239 e. The smallest absolute Gasteiger partial charge is 0.239 e. The molecular weight excluding hydrogens is 420 g/mol. The first-order valence-electron chi connectivity index (χ1n) is 10.0. The van der Waals surface area contributed by atoms with Crippen LogP contribution in [0, 0.1) is 5.92 Å². The van der Waals surface area contributed by atoms with E-state index in [1.54, 1.807) is 42.3 Å². The number of benzene rings is 2. The fraction of sp³-hybridized carbons (Fsp3) is 0.318. The highest BCUT2D eigenvalue weighted by Gasteiger charge is 2.36. The van der Waals surface area contributed by atoms with Gasteiger partial charge in [0, 0.05) is 31.7 Å². The van der Waals surface area contributed by atoms with Gasteiger partial charge in [0.1, 0.15) is 5.75 Å². The van der Waals surface area contributed by atoms with E-state index >= 15 is 0 Å². The number of ether oxygens (including phenoxy) is 1. The molecule has 162 valence electrons. The Bertz CT molecular complexity index is 1030. The highest BCUT2D eigenvalue weighted by molar-refractivity contribution is 6.33. The Morgan fingerprint density at radius 1 is 1.19 bits per heavy atom. The highest BCUT2D eigenvalue weighted by Crippen LogP contribution is 2.34. The molecule has 0 aromatic heterocycles. The second-order valence-corrected chi connectivity index (χ2v) is 7.91. The van der Waals surface area contributed by atoms with Gasteiger partial charge in [0.2, 0.25) is 17.7 Å². The van der Waals surface area contributed by atoms with Gasteiger partial charge < -0.3 is 25.2 Å². The fourth-order valence-corrected chi connectivity index (χ4v) is 4.20. The Kier molecular flexibility index (Phi) is 5.99. The predicted octanol–water partition coefficient (Wildman–Crippen LogP) is 2.28. The van der Waals surface area contributed by atoms with Crippen molar-refractivity contribution in [3.8, 4) is 5.75 Å². The van der Waals surface area contributed by atoms with Crippen molar-refractivity contribution in [1.29, 1.82) is 0 Å². The maximum absolute atomic E-state index is 12.8. The van der Waals surface area contributed by atoms with E-state index in [0.717, 1.165) is 5.69 Å². The standard InChI is InChI=1S/C22H23ClN4O4/c1-31-19-5-3-2-4-18(19)27-12-14(10-21(27)29)22(30)25-15-6-7-17(16(23)11-15)26-9-8-24-20(28)13-26/h2-7,11,14H,8-10,12-13H2,1H3,(H,24,28)(H,25,30). The summed E-state index contributed by atoms with van der Waals surface area (Å²) < 4.78 is 5.34.